The standard InChI is InChI=1S/C14H25N3O2S.2ClH/c1-6-12-16-10(2)14(20-12)11(3)17(4)13(18)9-15-7-8-19-5;;/h11,15H,6-9H2,1-5H3;2*1H. The molecule has 130 valence electrons. The number of methoxy groups -OCH3 is 1. The van der Waals surface area contributed by atoms with E-state index in [9.17, 15) is 4.79 Å². The number of thiazole rings is 1. The molecule has 0 aliphatic heterocycles. The lowest BCUT2D eigenvalue weighted by Crippen LogP contribution is -2.38. The van der Waals surface area contributed by atoms with Gasteiger partial charge in [0.15, 0.2) is 0 Å². The lowest BCUT2D eigenvalue weighted by atomic mass is 10.2. The number of carbonyl (C=O) groups is 1. The summed E-state index contributed by atoms with van der Waals surface area (Å²) in [6.45, 7) is 7.79. The molecule has 1 unspecified atom stereocenters. The molecule has 1 heterocycles. The van der Waals surface area contributed by atoms with Gasteiger partial charge in [0, 0.05) is 25.6 Å². The van der Waals surface area contributed by atoms with Crippen LogP contribution in [0.4, 0.5) is 0 Å². The van der Waals surface area contributed by atoms with Crippen LogP contribution in [0, 0.1) is 6.92 Å². The Balaban J connectivity index is 0. The van der Waals surface area contributed by atoms with Crippen molar-refractivity contribution in [3.05, 3.63) is 15.6 Å². The monoisotopic (exact) mass is 371 g/mol. The summed E-state index contributed by atoms with van der Waals surface area (Å²) in [4.78, 5) is 19.6. The maximum Gasteiger partial charge on any atom is 0.236 e. The van der Waals surface area contributed by atoms with E-state index in [-0.39, 0.29) is 36.8 Å². The van der Waals surface area contributed by atoms with E-state index < -0.39 is 0 Å². The number of rotatable bonds is 8. The number of likely N-dealkylation sites (N-methyl/N-ethyl adjacent to an activating group) is 1. The molecule has 1 amide bonds. The third kappa shape index (κ3) is 6.79. The number of aromatic nitrogens is 1. The first-order chi connectivity index (χ1) is 9.51. The molecule has 0 radical (unpaired) electrons. The van der Waals surface area contributed by atoms with Crippen LogP contribution in [0.1, 0.15) is 35.5 Å². The predicted octanol–water partition coefficient (Wildman–Crippen LogP) is 2.61. The first kappa shape index (κ1) is 23.9. The second-order valence-corrected chi connectivity index (χ2v) is 5.88. The molecule has 1 aromatic rings. The highest BCUT2D eigenvalue weighted by molar-refractivity contribution is 7.11. The van der Waals surface area contributed by atoms with Crippen molar-refractivity contribution in [3.63, 3.8) is 0 Å². The maximum absolute atomic E-state index is 12.1. The van der Waals surface area contributed by atoms with Gasteiger partial charge in [-0.2, -0.15) is 0 Å². The Hall–Kier alpha value is -0.400. The summed E-state index contributed by atoms with van der Waals surface area (Å²) in [5, 5.41) is 4.20. The van der Waals surface area contributed by atoms with Crippen LogP contribution in [0.25, 0.3) is 0 Å². The Labute approximate surface area is 149 Å². The molecule has 0 aliphatic rings. The fourth-order valence-corrected chi connectivity index (χ4v) is 2.99. The second kappa shape index (κ2) is 12.1. The van der Waals surface area contributed by atoms with Crippen LogP contribution in [-0.2, 0) is 16.0 Å². The van der Waals surface area contributed by atoms with Gasteiger partial charge in [0.1, 0.15) is 0 Å². The first-order valence-corrected chi connectivity index (χ1v) is 7.74. The maximum atomic E-state index is 12.1. The molecule has 1 atom stereocenters. The average molecular weight is 372 g/mol. The quantitative estimate of drug-likeness (QED) is 0.713. The molecule has 0 saturated heterocycles. The number of halogens is 2. The van der Waals surface area contributed by atoms with E-state index in [0.29, 0.717) is 19.7 Å². The highest BCUT2D eigenvalue weighted by Gasteiger charge is 2.21. The van der Waals surface area contributed by atoms with E-state index in [1.165, 1.54) is 4.88 Å². The van der Waals surface area contributed by atoms with Crippen molar-refractivity contribution in [3.8, 4) is 0 Å². The number of amides is 1. The van der Waals surface area contributed by atoms with Gasteiger partial charge >= 0.3 is 0 Å². The smallest absolute Gasteiger partial charge is 0.236 e. The normalized spacial score (nSPS) is 11.3. The van der Waals surface area contributed by atoms with Crippen LogP contribution < -0.4 is 5.32 Å². The first-order valence-electron chi connectivity index (χ1n) is 6.92. The molecular formula is C14H27Cl2N3O2S. The Kier molecular flexibility index (Phi) is 13.1. The molecule has 0 aliphatic carbocycles. The SMILES string of the molecule is CCc1nc(C)c(C(C)N(C)C(=O)CNCCOC)s1.Cl.Cl. The van der Waals surface area contributed by atoms with Gasteiger partial charge < -0.3 is 15.0 Å². The summed E-state index contributed by atoms with van der Waals surface area (Å²) in [6, 6.07) is 0.0597. The van der Waals surface area contributed by atoms with Gasteiger partial charge in [0.2, 0.25) is 5.91 Å². The van der Waals surface area contributed by atoms with Gasteiger partial charge in [0.05, 0.1) is 29.9 Å². The zero-order valence-corrected chi connectivity index (χ0v) is 16.3. The fraction of sp³-hybridized carbons (Fsp3) is 0.714. The predicted molar refractivity (Wildman–Crippen MR) is 96.7 cm³/mol. The van der Waals surface area contributed by atoms with Gasteiger partial charge in [-0.3, -0.25) is 4.79 Å². The number of hydrogen-bond donors (Lipinski definition) is 1. The van der Waals surface area contributed by atoms with Crippen molar-refractivity contribution < 1.29 is 9.53 Å². The van der Waals surface area contributed by atoms with Crippen LogP contribution in [-0.4, -0.2) is 49.6 Å². The number of hydrogen-bond acceptors (Lipinski definition) is 5. The summed E-state index contributed by atoms with van der Waals surface area (Å²) in [6.07, 6.45) is 0.939. The van der Waals surface area contributed by atoms with E-state index in [4.69, 9.17) is 4.74 Å². The lowest BCUT2D eigenvalue weighted by Gasteiger charge is -2.24. The Bertz CT molecular complexity index is 444. The molecule has 0 aromatic carbocycles. The Morgan fingerprint density at radius 3 is 2.59 bits per heavy atom. The van der Waals surface area contributed by atoms with Crippen molar-refractivity contribution in [2.24, 2.45) is 0 Å². The number of nitrogens with zero attached hydrogens (tertiary/aromatic N) is 2. The topological polar surface area (TPSA) is 54.5 Å². The molecule has 0 bridgehead atoms. The third-order valence-electron chi connectivity index (χ3n) is 3.29. The fourth-order valence-electron chi connectivity index (χ4n) is 1.89. The zero-order chi connectivity index (χ0) is 15.1. The van der Waals surface area contributed by atoms with Crippen molar-refractivity contribution in [2.45, 2.75) is 33.2 Å². The minimum absolute atomic E-state index is 0. The van der Waals surface area contributed by atoms with E-state index in [1.807, 2.05) is 20.9 Å². The molecule has 1 rings (SSSR count). The summed E-state index contributed by atoms with van der Waals surface area (Å²) in [7, 11) is 3.49. The van der Waals surface area contributed by atoms with Crippen LogP contribution in [0.15, 0.2) is 0 Å². The van der Waals surface area contributed by atoms with Gasteiger partial charge in [0.25, 0.3) is 0 Å². The largest absolute Gasteiger partial charge is 0.383 e. The summed E-state index contributed by atoms with van der Waals surface area (Å²) < 4.78 is 4.94. The molecule has 0 saturated carbocycles. The molecule has 8 heteroatoms. The van der Waals surface area contributed by atoms with Gasteiger partial charge in [-0.1, -0.05) is 6.92 Å². The molecule has 0 fully saturated rings. The Morgan fingerprint density at radius 2 is 2.09 bits per heavy atom. The Morgan fingerprint density at radius 1 is 1.45 bits per heavy atom. The highest BCUT2D eigenvalue weighted by atomic mass is 35.5. The minimum atomic E-state index is 0. The summed E-state index contributed by atoms with van der Waals surface area (Å²) in [5.41, 5.74) is 1.03. The molecule has 5 nitrogen and oxygen atoms in total. The second-order valence-electron chi connectivity index (χ2n) is 4.76. The van der Waals surface area contributed by atoms with Gasteiger partial charge in [-0.25, -0.2) is 4.98 Å². The number of aryl methyl sites for hydroxylation is 2. The number of ether oxygens (including phenoxy) is 1. The van der Waals surface area contributed by atoms with Crippen LogP contribution in [0.2, 0.25) is 0 Å². The molecule has 0 spiro atoms. The molecular weight excluding hydrogens is 345 g/mol. The molecule has 22 heavy (non-hydrogen) atoms. The lowest BCUT2D eigenvalue weighted by molar-refractivity contribution is -0.130. The minimum Gasteiger partial charge on any atom is -0.383 e. The molecule has 1 aromatic heterocycles. The van der Waals surface area contributed by atoms with Crippen molar-refractivity contribution >= 4 is 42.1 Å². The van der Waals surface area contributed by atoms with Crippen LogP contribution in [0.3, 0.4) is 0 Å². The van der Waals surface area contributed by atoms with Crippen molar-refractivity contribution in [1.29, 1.82) is 0 Å². The van der Waals surface area contributed by atoms with E-state index in [1.54, 1.807) is 23.3 Å². The number of nitrogens with one attached hydrogen (secondary N) is 1. The van der Waals surface area contributed by atoms with Gasteiger partial charge in [-0.05, 0) is 20.3 Å². The number of carbonyl (C=O) groups excluding carboxylic acids is 1. The van der Waals surface area contributed by atoms with Crippen molar-refractivity contribution in [1.82, 2.24) is 15.2 Å². The zero-order valence-electron chi connectivity index (χ0n) is 13.8. The van der Waals surface area contributed by atoms with E-state index in [0.717, 1.165) is 17.1 Å². The highest BCUT2D eigenvalue weighted by Crippen LogP contribution is 2.28. The van der Waals surface area contributed by atoms with Crippen molar-refractivity contribution in [2.75, 3.05) is 33.9 Å². The van der Waals surface area contributed by atoms with Gasteiger partial charge in [-0.15, -0.1) is 36.2 Å². The van der Waals surface area contributed by atoms with Crippen LogP contribution >= 0.6 is 36.2 Å². The summed E-state index contributed by atoms with van der Waals surface area (Å²) in [5.74, 6) is 0.0828. The summed E-state index contributed by atoms with van der Waals surface area (Å²) >= 11 is 1.70. The third-order valence-corrected chi connectivity index (χ3v) is 4.76. The van der Waals surface area contributed by atoms with Crippen LogP contribution in [0.5, 0.6) is 0 Å². The average Bonchev–Trinajstić information content (AvgIpc) is 2.83. The van der Waals surface area contributed by atoms with E-state index >= 15 is 0 Å². The molecule has 1 N–H and O–H groups in total. The van der Waals surface area contributed by atoms with E-state index in [2.05, 4.69) is 17.2 Å².